The van der Waals surface area contributed by atoms with Gasteiger partial charge >= 0.3 is 0 Å². The molecule has 0 saturated heterocycles. The number of rotatable bonds is 5. The standard InChI is InChI=1S/C12H26N2O/c1-11-5-4-6-12(9-11,10-13)14(2)7-8-15-3/h11H,4-10,13H2,1-3H3. The fourth-order valence-electron chi connectivity index (χ4n) is 2.79. The first kappa shape index (κ1) is 12.9. The highest BCUT2D eigenvalue weighted by atomic mass is 16.5. The summed E-state index contributed by atoms with van der Waals surface area (Å²) in [6, 6.07) is 0. The van der Waals surface area contributed by atoms with Gasteiger partial charge in [0.1, 0.15) is 0 Å². The van der Waals surface area contributed by atoms with E-state index >= 15 is 0 Å². The van der Waals surface area contributed by atoms with Crippen LogP contribution in [-0.2, 0) is 4.74 Å². The molecular formula is C12H26N2O. The third kappa shape index (κ3) is 3.16. The molecular weight excluding hydrogens is 188 g/mol. The van der Waals surface area contributed by atoms with Crippen molar-refractivity contribution in [2.75, 3.05) is 33.9 Å². The molecule has 0 radical (unpaired) electrons. The van der Waals surface area contributed by atoms with Crippen LogP contribution in [0.3, 0.4) is 0 Å². The van der Waals surface area contributed by atoms with Crippen LogP contribution < -0.4 is 5.73 Å². The molecule has 1 aliphatic carbocycles. The highest BCUT2D eigenvalue weighted by Crippen LogP contribution is 2.35. The summed E-state index contributed by atoms with van der Waals surface area (Å²) in [4.78, 5) is 2.41. The van der Waals surface area contributed by atoms with Crippen molar-refractivity contribution in [2.45, 2.75) is 38.1 Å². The van der Waals surface area contributed by atoms with Crippen LogP contribution in [0.25, 0.3) is 0 Å². The monoisotopic (exact) mass is 214 g/mol. The first-order chi connectivity index (χ1) is 7.14. The number of hydrogen-bond donors (Lipinski definition) is 1. The summed E-state index contributed by atoms with van der Waals surface area (Å²) in [5.41, 5.74) is 6.22. The summed E-state index contributed by atoms with van der Waals surface area (Å²) >= 11 is 0. The summed E-state index contributed by atoms with van der Waals surface area (Å²) in [6.45, 7) is 4.90. The van der Waals surface area contributed by atoms with Gasteiger partial charge in [-0.2, -0.15) is 0 Å². The molecule has 15 heavy (non-hydrogen) atoms. The molecule has 90 valence electrons. The molecule has 0 amide bonds. The van der Waals surface area contributed by atoms with Crippen LogP contribution in [0.4, 0.5) is 0 Å². The maximum atomic E-state index is 5.99. The molecule has 3 nitrogen and oxygen atoms in total. The molecule has 0 aliphatic heterocycles. The van der Waals surface area contributed by atoms with Gasteiger partial charge in [-0.05, 0) is 25.8 Å². The van der Waals surface area contributed by atoms with Crippen molar-refractivity contribution in [3.63, 3.8) is 0 Å². The molecule has 0 bridgehead atoms. The highest BCUT2D eigenvalue weighted by molar-refractivity contribution is 4.94. The van der Waals surface area contributed by atoms with Crippen molar-refractivity contribution in [1.82, 2.24) is 4.90 Å². The Morgan fingerprint density at radius 2 is 2.27 bits per heavy atom. The van der Waals surface area contributed by atoms with E-state index < -0.39 is 0 Å². The minimum atomic E-state index is 0.232. The van der Waals surface area contributed by atoms with Gasteiger partial charge in [0.2, 0.25) is 0 Å². The number of nitrogens with two attached hydrogens (primary N) is 1. The molecule has 1 saturated carbocycles. The molecule has 0 heterocycles. The number of nitrogens with zero attached hydrogens (tertiary/aromatic N) is 1. The maximum absolute atomic E-state index is 5.99. The van der Waals surface area contributed by atoms with Crippen LogP contribution in [0.2, 0.25) is 0 Å². The van der Waals surface area contributed by atoms with Crippen LogP contribution in [0.15, 0.2) is 0 Å². The van der Waals surface area contributed by atoms with E-state index in [-0.39, 0.29) is 5.54 Å². The van der Waals surface area contributed by atoms with E-state index in [0.29, 0.717) is 0 Å². The van der Waals surface area contributed by atoms with Crippen molar-refractivity contribution in [3.05, 3.63) is 0 Å². The lowest BCUT2D eigenvalue weighted by atomic mass is 9.75. The van der Waals surface area contributed by atoms with Crippen molar-refractivity contribution >= 4 is 0 Å². The van der Waals surface area contributed by atoms with Gasteiger partial charge in [-0.25, -0.2) is 0 Å². The van der Waals surface area contributed by atoms with Crippen molar-refractivity contribution in [2.24, 2.45) is 11.7 Å². The Labute approximate surface area is 94.0 Å². The minimum absolute atomic E-state index is 0.232. The van der Waals surface area contributed by atoms with Gasteiger partial charge in [0.25, 0.3) is 0 Å². The Hall–Kier alpha value is -0.120. The summed E-state index contributed by atoms with van der Waals surface area (Å²) in [5.74, 6) is 0.812. The SMILES string of the molecule is COCCN(C)C1(CN)CCCC(C)C1. The molecule has 1 aliphatic rings. The summed E-state index contributed by atoms with van der Waals surface area (Å²) in [7, 11) is 3.94. The van der Waals surface area contributed by atoms with Gasteiger partial charge in [0, 0.05) is 25.7 Å². The molecule has 2 N–H and O–H groups in total. The van der Waals surface area contributed by atoms with Crippen LogP contribution in [0.1, 0.15) is 32.6 Å². The van der Waals surface area contributed by atoms with E-state index in [1.165, 1.54) is 25.7 Å². The van der Waals surface area contributed by atoms with Gasteiger partial charge in [-0.1, -0.05) is 19.8 Å². The predicted molar refractivity (Wildman–Crippen MR) is 63.9 cm³/mol. The normalized spacial score (nSPS) is 32.2. The lowest BCUT2D eigenvalue weighted by Crippen LogP contribution is -2.55. The van der Waals surface area contributed by atoms with Crippen LogP contribution >= 0.6 is 0 Å². The average Bonchev–Trinajstić information content (AvgIpc) is 2.25. The van der Waals surface area contributed by atoms with E-state index in [2.05, 4.69) is 18.9 Å². The Morgan fingerprint density at radius 3 is 2.80 bits per heavy atom. The molecule has 0 aromatic carbocycles. The largest absolute Gasteiger partial charge is 0.383 e. The zero-order valence-electron chi connectivity index (χ0n) is 10.5. The smallest absolute Gasteiger partial charge is 0.0589 e. The Balaban J connectivity index is 2.57. The minimum Gasteiger partial charge on any atom is -0.383 e. The Morgan fingerprint density at radius 1 is 1.53 bits per heavy atom. The molecule has 0 spiro atoms. The first-order valence-electron chi connectivity index (χ1n) is 6.05. The van der Waals surface area contributed by atoms with Crippen LogP contribution in [0, 0.1) is 5.92 Å². The average molecular weight is 214 g/mol. The Bertz CT molecular complexity index is 186. The summed E-state index contributed by atoms with van der Waals surface area (Å²) < 4.78 is 5.14. The van der Waals surface area contributed by atoms with Crippen molar-refractivity contribution in [1.29, 1.82) is 0 Å². The van der Waals surface area contributed by atoms with Crippen molar-refractivity contribution in [3.8, 4) is 0 Å². The number of ether oxygens (including phenoxy) is 1. The third-order valence-electron chi connectivity index (χ3n) is 3.89. The molecule has 2 atom stereocenters. The number of methoxy groups -OCH3 is 1. The second kappa shape index (κ2) is 5.83. The first-order valence-corrected chi connectivity index (χ1v) is 6.05. The van der Waals surface area contributed by atoms with E-state index in [1.807, 2.05) is 0 Å². The van der Waals surface area contributed by atoms with Crippen LogP contribution in [-0.4, -0.2) is 44.3 Å². The predicted octanol–water partition coefficient (Wildman–Crippen LogP) is 1.47. The summed E-state index contributed by atoms with van der Waals surface area (Å²) in [6.07, 6.45) is 5.16. The van der Waals surface area contributed by atoms with E-state index in [4.69, 9.17) is 10.5 Å². The zero-order valence-corrected chi connectivity index (χ0v) is 10.5. The van der Waals surface area contributed by atoms with Gasteiger partial charge in [-0.3, -0.25) is 4.90 Å². The van der Waals surface area contributed by atoms with Gasteiger partial charge in [0.15, 0.2) is 0 Å². The van der Waals surface area contributed by atoms with Gasteiger partial charge < -0.3 is 10.5 Å². The van der Waals surface area contributed by atoms with Gasteiger partial charge in [-0.15, -0.1) is 0 Å². The Kier molecular flexibility index (Phi) is 5.03. The van der Waals surface area contributed by atoms with Crippen LogP contribution in [0.5, 0.6) is 0 Å². The molecule has 0 aromatic heterocycles. The fraction of sp³-hybridized carbons (Fsp3) is 1.00. The fourth-order valence-corrected chi connectivity index (χ4v) is 2.79. The second-order valence-electron chi connectivity index (χ2n) is 5.04. The third-order valence-corrected chi connectivity index (χ3v) is 3.89. The zero-order chi connectivity index (χ0) is 11.3. The van der Waals surface area contributed by atoms with Gasteiger partial charge in [0.05, 0.1) is 6.61 Å². The molecule has 1 fully saturated rings. The number of likely N-dealkylation sites (N-methyl/N-ethyl adjacent to an activating group) is 1. The molecule has 3 heteroatoms. The molecule has 0 aromatic rings. The topological polar surface area (TPSA) is 38.5 Å². The highest BCUT2D eigenvalue weighted by Gasteiger charge is 2.36. The lowest BCUT2D eigenvalue weighted by molar-refractivity contribution is 0.0401. The second-order valence-corrected chi connectivity index (χ2v) is 5.04. The van der Waals surface area contributed by atoms with E-state index in [0.717, 1.165) is 25.6 Å². The molecule has 1 rings (SSSR count). The van der Waals surface area contributed by atoms with E-state index in [1.54, 1.807) is 7.11 Å². The lowest BCUT2D eigenvalue weighted by Gasteiger charge is -2.46. The van der Waals surface area contributed by atoms with Crippen molar-refractivity contribution < 1.29 is 4.74 Å². The van der Waals surface area contributed by atoms with E-state index in [9.17, 15) is 0 Å². The summed E-state index contributed by atoms with van der Waals surface area (Å²) in [5, 5.41) is 0. The maximum Gasteiger partial charge on any atom is 0.0589 e. The quantitative estimate of drug-likeness (QED) is 0.753. The number of hydrogen-bond acceptors (Lipinski definition) is 3. The molecule has 2 unspecified atom stereocenters.